The number of aromatic nitrogens is 1. The third kappa shape index (κ3) is 3.36. The predicted molar refractivity (Wildman–Crippen MR) is 71.3 cm³/mol. The van der Waals surface area contributed by atoms with Gasteiger partial charge < -0.3 is 5.32 Å². The molecule has 3 nitrogen and oxygen atoms in total. The van der Waals surface area contributed by atoms with Crippen molar-refractivity contribution in [3.8, 4) is 0 Å². The Kier molecular flexibility index (Phi) is 4.08. The summed E-state index contributed by atoms with van der Waals surface area (Å²) in [6.07, 6.45) is -3.04. The molecule has 2 aromatic rings. The van der Waals surface area contributed by atoms with E-state index in [0.717, 1.165) is 12.1 Å². The number of nitrogens with one attached hydrogen (secondary N) is 1. The van der Waals surface area contributed by atoms with E-state index in [1.54, 1.807) is 12.1 Å². The molecule has 0 atom stereocenters. The van der Waals surface area contributed by atoms with Gasteiger partial charge in [-0.25, -0.2) is 0 Å². The Labute approximate surface area is 121 Å². The minimum absolute atomic E-state index is 0.0375. The molecule has 1 aromatic heterocycles. The van der Waals surface area contributed by atoms with E-state index in [-0.39, 0.29) is 11.4 Å². The summed E-state index contributed by atoms with van der Waals surface area (Å²) in [5, 5.41) is 2.39. The van der Waals surface area contributed by atoms with Gasteiger partial charge in [0.25, 0.3) is 5.91 Å². The first kappa shape index (κ1) is 14.5. The van der Waals surface area contributed by atoms with Crippen molar-refractivity contribution in [2.75, 3.05) is 5.32 Å². The summed E-state index contributed by atoms with van der Waals surface area (Å²) in [5.74, 6) is -0.578. The van der Waals surface area contributed by atoms with Crippen molar-refractivity contribution in [1.29, 1.82) is 0 Å². The molecular weight excluding hydrogens is 337 g/mol. The number of amides is 1. The number of carbonyl (C=O) groups excluding carboxylic acids is 1. The zero-order chi connectivity index (χ0) is 14.8. The third-order valence-electron chi connectivity index (χ3n) is 2.44. The fourth-order valence-electron chi connectivity index (χ4n) is 1.48. The monoisotopic (exact) mass is 344 g/mol. The highest BCUT2D eigenvalue weighted by molar-refractivity contribution is 9.10. The van der Waals surface area contributed by atoms with Gasteiger partial charge in [0.15, 0.2) is 0 Å². The summed E-state index contributed by atoms with van der Waals surface area (Å²) >= 11 is 3.10. The van der Waals surface area contributed by atoms with Crippen molar-refractivity contribution in [1.82, 2.24) is 4.98 Å². The molecular formula is C13H8BrF3N2O. The van der Waals surface area contributed by atoms with Crippen LogP contribution < -0.4 is 5.32 Å². The van der Waals surface area contributed by atoms with Crippen LogP contribution in [0.5, 0.6) is 0 Å². The fourth-order valence-corrected chi connectivity index (χ4v) is 1.83. The zero-order valence-electron chi connectivity index (χ0n) is 9.91. The number of carbonyl (C=O) groups is 1. The molecule has 1 aromatic carbocycles. The first-order valence-electron chi connectivity index (χ1n) is 5.47. The topological polar surface area (TPSA) is 42.0 Å². The van der Waals surface area contributed by atoms with Gasteiger partial charge in [0, 0.05) is 10.7 Å². The average Bonchev–Trinajstić information content (AvgIpc) is 2.41. The van der Waals surface area contributed by atoms with Crippen LogP contribution in [-0.2, 0) is 6.18 Å². The third-order valence-corrected chi connectivity index (χ3v) is 3.13. The average molecular weight is 345 g/mol. The highest BCUT2D eigenvalue weighted by atomic mass is 79.9. The van der Waals surface area contributed by atoms with Crippen LogP contribution in [0.25, 0.3) is 0 Å². The standard InChI is InChI=1S/C13H8BrF3N2O/c14-9-5-4-8(13(15,16)17)7-11(9)19-12(20)10-3-1-2-6-18-10/h1-7H,(H,19,20). The van der Waals surface area contributed by atoms with Gasteiger partial charge in [-0.05, 0) is 46.3 Å². The van der Waals surface area contributed by atoms with E-state index in [9.17, 15) is 18.0 Å². The largest absolute Gasteiger partial charge is 0.416 e. The van der Waals surface area contributed by atoms with Crippen LogP contribution in [0.2, 0.25) is 0 Å². The lowest BCUT2D eigenvalue weighted by Crippen LogP contribution is -2.14. The number of halogens is 4. The summed E-state index contributed by atoms with van der Waals surface area (Å²) in [7, 11) is 0. The second-order valence-electron chi connectivity index (χ2n) is 3.86. The maximum Gasteiger partial charge on any atom is 0.416 e. The van der Waals surface area contributed by atoms with E-state index in [4.69, 9.17) is 0 Å². The van der Waals surface area contributed by atoms with Crippen molar-refractivity contribution >= 4 is 27.5 Å². The van der Waals surface area contributed by atoms with E-state index < -0.39 is 17.6 Å². The second-order valence-corrected chi connectivity index (χ2v) is 4.72. The predicted octanol–water partition coefficient (Wildman–Crippen LogP) is 4.12. The Bertz CT molecular complexity index is 629. The van der Waals surface area contributed by atoms with Crippen molar-refractivity contribution in [3.05, 3.63) is 58.3 Å². The maximum atomic E-state index is 12.6. The molecule has 0 aliphatic carbocycles. The number of pyridine rings is 1. The zero-order valence-corrected chi connectivity index (χ0v) is 11.5. The number of benzene rings is 1. The molecule has 0 saturated heterocycles. The van der Waals surface area contributed by atoms with Crippen LogP contribution in [0.1, 0.15) is 16.1 Å². The molecule has 0 radical (unpaired) electrons. The molecule has 0 aliphatic rings. The molecule has 0 bridgehead atoms. The number of hydrogen-bond donors (Lipinski definition) is 1. The molecule has 0 spiro atoms. The fraction of sp³-hybridized carbons (Fsp3) is 0.0769. The molecule has 0 fully saturated rings. The number of rotatable bonds is 2. The van der Waals surface area contributed by atoms with E-state index in [0.29, 0.717) is 4.47 Å². The van der Waals surface area contributed by atoms with Crippen LogP contribution >= 0.6 is 15.9 Å². The number of anilines is 1. The van der Waals surface area contributed by atoms with Crippen LogP contribution in [0.4, 0.5) is 18.9 Å². The quantitative estimate of drug-likeness (QED) is 0.890. The molecule has 104 valence electrons. The minimum Gasteiger partial charge on any atom is -0.320 e. The van der Waals surface area contributed by atoms with Crippen LogP contribution in [-0.4, -0.2) is 10.9 Å². The van der Waals surface area contributed by atoms with Crippen molar-refractivity contribution < 1.29 is 18.0 Å². The number of hydrogen-bond acceptors (Lipinski definition) is 2. The number of nitrogens with zero attached hydrogens (tertiary/aromatic N) is 1. The number of alkyl halides is 3. The van der Waals surface area contributed by atoms with Crippen molar-refractivity contribution in [2.24, 2.45) is 0 Å². The molecule has 0 aliphatic heterocycles. The van der Waals surface area contributed by atoms with Gasteiger partial charge in [-0.15, -0.1) is 0 Å². The molecule has 1 heterocycles. The summed E-state index contributed by atoms with van der Waals surface area (Å²) in [6, 6.07) is 7.75. The SMILES string of the molecule is O=C(Nc1cc(C(F)(F)F)ccc1Br)c1ccccn1. The van der Waals surface area contributed by atoms with E-state index in [1.165, 1.54) is 18.3 Å². The van der Waals surface area contributed by atoms with Crippen LogP contribution in [0.3, 0.4) is 0 Å². The molecule has 7 heteroatoms. The van der Waals surface area contributed by atoms with Gasteiger partial charge in [0.1, 0.15) is 5.69 Å². The molecule has 2 rings (SSSR count). The Morgan fingerprint density at radius 3 is 2.55 bits per heavy atom. The van der Waals surface area contributed by atoms with Gasteiger partial charge >= 0.3 is 6.18 Å². The second kappa shape index (κ2) is 5.62. The Morgan fingerprint density at radius 1 is 1.20 bits per heavy atom. The normalized spacial score (nSPS) is 11.2. The summed E-state index contributed by atoms with van der Waals surface area (Å²) < 4.78 is 38.2. The minimum atomic E-state index is -4.47. The van der Waals surface area contributed by atoms with Gasteiger partial charge in [0.05, 0.1) is 11.3 Å². The van der Waals surface area contributed by atoms with Gasteiger partial charge in [-0.3, -0.25) is 9.78 Å². The molecule has 0 unspecified atom stereocenters. The van der Waals surface area contributed by atoms with Crippen LogP contribution in [0.15, 0.2) is 47.1 Å². The lowest BCUT2D eigenvalue weighted by Gasteiger charge is -2.11. The first-order valence-corrected chi connectivity index (χ1v) is 6.26. The first-order chi connectivity index (χ1) is 9.38. The summed E-state index contributed by atoms with van der Waals surface area (Å²) in [5.41, 5.74) is -0.677. The van der Waals surface area contributed by atoms with Gasteiger partial charge in [-0.2, -0.15) is 13.2 Å². The lowest BCUT2D eigenvalue weighted by atomic mass is 10.2. The highest BCUT2D eigenvalue weighted by Crippen LogP contribution is 2.34. The highest BCUT2D eigenvalue weighted by Gasteiger charge is 2.31. The summed E-state index contributed by atoms with van der Waals surface area (Å²) in [4.78, 5) is 15.7. The van der Waals surface area contributed by atoms with E-state index in [2.05, 4.69) is 26.2 Å². The Hall–Kier alpha value is -1.89. The maximum absolute atomic E-state index is 12.6. The Balaban J connectivity index is 2.27. The Morgan fingerprint density at radius 2 is 1.95 bits per heavy atom. The summed E-state index contributed by atoms with van der Waals surface area (Å²) in [6.45, 7) is 0. The van der Waals surface area contributed by atoms with E-state index in [1.807, 2.05) is 0 Å². The molecule has 1 N–H and O–H groups in total. The molecule has 1 amide bonds. The van der Waals surface area contributed by atoms with Gasteiger partial charge in [0.2, 0.25) is 0 Å². The van der Waals surface area contributed by atoms with Crippen molar-refractivity contribution in [2.45, 2.75) is 6.18 Å². The molecule has 20 heavy (non-hydrogen) atoms. The van der Waals surface area contributed by atoms with Crippen LogP contribution in [0, 0.1) is 0 Å². The van der Waals surface area contributed by atoms with E-state index >= 15 is 0 Å². The lowest BCUT2D eigenvalue weighted by molar-refractivity contribution is -0.137. The molecule has 0 saturated carbocycles. The van der Waals surface area contributed by atoms with Crippen molar-refractivity contribution in [3.63, 3.8) is 0 Å². The smallest absolute Gasteiger partial charge is 0.320 e. The van der Waals surface area contributed by atoms with Gasteiger partial charge in [-0.1, -0.05) is 6.07 Å².